The largest absolute Gasteiger partial charge is 0.460 e. The first-order valence-electron chi connectivity index (χ1n) is 12.8. The molecule has 0 saturated heterocycles. The molecule has 1 unspecified atom stereocenters. The minimum absolute atomic E-state index is 0.0495. The maximum atomic E-state index is 13.2. The summed E-state index contributed by atoms with van der Waals surface area (Å²) in [4.78, 5) is 56.5. The number of esters is 1. The molecule has 0 bridgehead atoms. The highest BCUT2D eigenvalue weighted by Crippen LogP contribution is 2.34. The Hall–Kier alpha value is -4.21. The lowest BCUT2D eigenvalue weighted by atomic mass is 10.0. The number of ether oxygens (including phenoxy) is 2. The number of fused-ring (bicyclic) bond motifs is 2. The van der Waals surface area contributed by atoms with E-state index in [-0.39, 0.29) is 25.3 Å². The molecule has 206 valence electrons. The highest BCUT2D eigenvalue weighted by molar-refractivity contribution is 6.03. The van der Waals surface area contributed by atoms with E-state index in [2.05, 4.69) is 4.98 Å². The summed E-state index contributed by atoms with van der Waals surface area (Å²) < 4.78 is 12.3. The SMILES string of the molecule is CC(C)(C)OC(=O)CCC(C(N)=O)N1Cc2cc(-c3cn(C(=O)OC(C)(C)C)c4cccnc34)ccc2C1=O. The van der Waals surface area contributed by atoms with Crippen LogP contribution in [-0.4, -0.2) is 55.6 Å². The van der Waals surface area contributed by atoms with E-state index in [1.807, 2.05) is 6.07 Å². The van der Waals surface area contributed by atoms with E-state index in [4.69, 9.17) is 15.2 Å². The molecule has 2 amide bonds. The maximum Gasteiger partial charge on any atom is 0.419 e. The predicted molar refractivity (Wildman–Crippen MR) is 145 cm³/mol. The second-order valence-electron chi connectivity index (χ2n) is 11.6. The number of rotatable bonds is 6. The lowest BCUT2D eigenvalue weighted by Gasteiger charge is -2.25. The number of pyridine rings is 1. The van der Waals surface area contributed by atoms with Crippen molar-refractivity contribution in [3.63, 3.8) is 0 Å². The van der Waals surface area contributed by atoms with Crippen LogP contribution in [0.1, 0.15) is 70.3 Å². The minimum Gasteiger partial charge on any atom is -0.460 e. The average molecular weight is 535 g/mol. The lowest BCUT2D eigenvalue weighted by Crippen LogP contribution is -2.45. The first kappa shape index (κ1) is 27.8. The Morgan fingerprint density at radius 2 is 1.72 bits per heavy atom. The van der Waals surface area contributed by atoms with Gasteiger partial charge in [-0.25, -0.2) is 4.79 Å². The molecule has 1 aliphatic heterocycles. The lowest BCUT2D eigenvalue weighted by molar-refractivity contribution is -0.155. The van der Waals surface area contributed by atoms with Crippen LogP contribution in [0.15, 0.2) is 42.7 Å². The Bertz CT molecular complexity index is 1460. The van der Waals surface area contributed by atoms with Crippen LogP contribution in [0.2, 0.25) is 0 Å². The van der Waals surface area contributed by atoms with Gasteiger partial charge in [-0.1, -0.05) is 6.07 Å². The Morgan fingerprint density at radius 3 is 2.36 bits per heavy atom. The maximum absolute atomic E-state index is 13.2. The van der Waals surface area contributed by atoms with Crippen molar-refractivity contribution in [2.24, 2.45) is 5.73 Å². The standard InChI is InChI=1S/C29H34N4O6/c1-28(2,3)38-23(34)12-11-22(25(30)35)32-15-18-14-17(9-10-19(18)26(32)36)20-16-33(27(37)39-29(4,5)6)21-8-7-13-31-24(20)21/h7-10,13-14,16,22H,11-12,15H2,1-6H3,(H2,30,35). The predicted octanol–water partition coefficient (Wildman–Crippen LogP) is 4.42. The molecule has 10 nitrogen and oxygen atoms in total. The summed E-state index contributed by atoms with van der Waals surface area (Å²) in [6, 6.07) is 7.89. The third-order valence-electron chi connectivity index (χ3n) is 6.14. The van der Waals surface area contributed by atoms with Gasteiger partial charge in [0.2, 0.25) is 5.91 Å². The van der Waals surface area contributed by atoms with Crippen molar-refractivity contribution in [1.29, 1.82) is 0 Å². The molecule has 1 aromatic carbocycles. The summed E-state index contributed by atoms with van der Waals surface area (Å²) in [5.74, 6) is -1.49. The van der Waals surface area contributed by atoms with E-state index in [1.165, 1.54) is 9.47 Å². The molecular formula is C29H34N4O6. The van der Waals surface area contributed by atoms with Gasteiger partial charge in [0.25, 0.3) is 5.91 Å². The van der Waals surface area contributed by atoms with Crippen LogP contribution in [0.4, 0.5) is 4.79 Å². The van der Waals surface area contributed by atoms with Crippen LogP contribution in [0.3, 0.4) is 0 Å². The zero-order valence-corrected chi connectivity index (χ0v) is 23.1. The molecule has 4 rings (SSSR count). The van der Waals surface area contributed by atoms with Crippen molar-refractivity contribution in [2.75, 3.05) is 0 Å². The fourth-order valence-electron chi connectivity index (χ4n) is 4.59. The molecule has 3 heterocycles. The number of primary amides is 1. The van der Waals surface area contributed by atoms with Crippen LogP contribution < -0.4 is 5.73 Å². The van der Waals surface area contributed by atoms with Crippen LogP contribution in [0.5, 0.6) is 0 Å². The summed E-state index contributed by atoms with van der Waals surface area (Å²) in [5.41, 5.74) is 8.12. The first-order valence-corrected chi connectivity index (χ1v) is 12.8. The van der Waals surface area contributed by atoms with Crippen LogP contribution in [-0.2, 0) is 25.6 Å². The number of nitrogens with zero attached hydrogens (tertiary/aromatic N) is 3. The molecule has 2 aromatic heterocycles. The highest BCUT2D eigenvalue weighted by Gasteiger charge is 2.36. The molecule has 0 aliphatic carbocycles. The Morgan fingerprint density at radius 1 is 1.03 bits per heavy atom. The summed E-state index contributed by atoms with van der Waals surface area (Å²) in [6.07, 6.45) is 2.81. The number of benzene rings is 1. The van der Waals surface area contributed by atoms with Crippen molar-refractivity contribution in [3.8, 4) is 11.1 Å². The monoisotopic (exact) mass is 534 g/mol. The average Bonchev–Trinajstić information content (AvgIpc) is 3.35. The summed E-state index contributed by atoms with van der Waals surface area (Å²) in [6.45, 7) is 10.8. The molecule has 0 fully saturated rings. The van der Waals surface area contributed by atoms with E-state index < -0.39 is 35.2 Å². The second-order valence-corrected chi connectivity index (χ2v) is 11.6. The number of hydrogen-bond donors (Lipinski definition) is 1. The molecule has 39 heavy (non-hydrogen) atoms. The normalized spacial score (nSPS) is 14.3. The van der Waals surface area contributed by atoms with Crippen molar-refractivity contribution in [1.82, 2.24) is 14.5 Å². The van der Waals surface area contributed by atoms with Gasteiger partial charge in [-0.2, -0.15) is 0 Å². The molecule has 1 aliphatic rings. The number of aromatic nitrogens is 2. The molecule has 1 atom stereocenters. The number of carbonyl (C=O) groups is 4. The van der Waals surface area contributed by atoms with Gasteiger partial charge in [-0.15, -0.1) is 0 Å². The molecule has 0 saturated carbocycles. The minimum atomic E-state index is -0.961. The number of amides is 2. The Labute approximate surface area is 227 Å². The molecule has 2 N–H and O–H groups in total. The van der Waals surface area contributed by atoms with Gasteiger partial charge in [0, 0.05) is 36.5 Å². The number of nitrogens with two attached hydrogens (primary N) is 1. The fourth-order valence-corrected chi connectivity index (χ4v) is 4.59. The Kier molecular flexibility index (Phi) is 7.25. The van der Waals surface area contributed by atoms with Crippen LogP contribution in [0.25, 0.3) is 22.2 Å². The molecule has 0 radical (unpaired) electrons. The topological polar surface area (TPSA) is 134 Å². The fraction of sp³-hybridized carbons (Fsp3) is 0.414. The second kappa shape index (κ2) is 10.2. The van der Waals surface area contributed by atoms with Gasteiger partial charge in [0.1, 0.15) is 17.2 Å². The van der Waals surface area contributed by atoms with Gasteiger partial charge >= 0.3 is 12.1 Å². The first-order chi connectivity index (χ1) is 18.1. The van der Waals surface area contributed by atoms with Crippen molar-refractivity contribution in [2.45, 2.75) is 78.2 Å². The number of carbonyl (C=O) groups excluding carboxylic acids is 4. The molecule has 3 aromatic rings. The van der Waals surface area contributed by atoms with Crippen molar-refractivity contribution < 1.29 is 28.7 Å². The van der Waals surface area contributed by atoms with Crippen molar-refractivity contribution >= 4 is 34.9 Å². The van der Waals surface area contributed by atoms with Crippen LogP contribution in [0, 0.1) is 0 Å². The van der Waals surface area contributed by atoms with E-state index >= 15 is 0 Å². The van der Waals surface area contributed by atoms with Gasteiger partial charge in [0.15, 0.2) is 0 Å². The van der Waals surface area contributed by atoms with Crippen molar-refractivity contribution in [3.05, 3.63) is 53.9 Å². The smallest absolute Gasteiger partial charge is 0.419 e. The van der Waals surface area contributed by atoms with Crippen LogP contribution >= 0.6 is 0 Å². The van der Waals surface area contributed by atoms with E-state index in [0.717, 1.165) is 5.56 Å². The summed E-state index contributed by atoms with van der Waals surface area (Å²) in [5, 5.41) is 0. The quantitative estimate of drug-likeness (QED) is 0.463. The van der Waals surface area contributed by atoms with E-state index in [1.54, 1.807) is 78.2 Å². The zero-order chi connectivity index (χ0) is 28.7. The van der Waals surface area contributed by atoms with Gasteiger partial charge < -0.3 is 20.1 Å². The Balaban J connectivity index is 1.62. The summed E-state index contributed by atoms with van der Waals surface area (Å²) in [7, 11) is 0. The highest BCUT2D eigenvalue weighted by atomic mass is 16.6. The molecular weight excluding hydrogens is 500 g/mol. The number of hydrogen-bond acceptors (Lipinski definition) is 7. The zero-order valence-electron chi connectivity index (χ0n) is 23.1. The van der Waals surface area contributed by atoms with Gasteiger partial charge in [-0.3, -0.25) is 23.9 Å². The van der Waals surface area contributed by atoms with E-state index in [9.17, 15) is 19.2 Å². The van der Waals surface area contributed by atoms with Gasteiger partial charge in [-0.05, 0) is 83.4 Å². The third-order valence-corrected chi connectivity index (χ3v) is 6.14. The summed E-state index contributed by atoms with van der Waals surface area (Å²) >= 11 is 0. The molecule has 0 spiro atoms. The third kappa shape index (κ3) is 6.10. The molecule has 10 heteroatoms. The van der Waals surface area contributed by atoms with Gasteiger partial charge in [0.05, 0.1) is 11.0 Å². The van der Waals surface area contributed by atoms with E-state index in [0.29, 0.717) is 27.7 Å².